The van der Waals surface area contributed by atoms with Crippen LogP contribution in [0.25, 0.3) is 6.08 Å². The summed E-state index contributed by atoms with van der Waals surface area (Å²) in [5, 5.41) is 13.9. The molecule has 2 N–H and O–H groups in total. The highest BCUT2D eigenvalue weighted by molar-refractivity contribution is 9.10. The number of imide groups is 1. The first-order valence-electron chi connectivity index (χ1n) is 17.4. The van der Waals surface area contributed by atoms with E-state index >= 15 is 0 Å². The Kier molecular flexibility index (Phi) is 10.2. The van der Waals surface area contributed by atoms with E-state index < -0.39 is 11.8 Å². The second-order valence-corrected chi connectivity index (χ2v) is 14.2. The van der Waals surface area contributed by atoms with Crippen LogP contribution in [0, 0.1) is 17.8 Å². The van der Waals surface area contributed by atoms with E-state index in [2.05, 4.69) is 34.2 Å². The Balaban J connectivity index is 1.14. The van der Waals surface area contributed by atoms with Crippen LogP contribution in [0.4, 0.5) is 17.1 Å². The van der Waals surface area contributed by atoms with E-state index in [4.69, 9.17) is 9.47 Å². The molecule has 256 valence electrons. The summed E-state index contributed by atoms with van der Waals surface area (Å²) in [6, 6.07) is 32.5. The average molecular weight is 734 g/mol. The Morgan fingerprint density at radius 2 is 1.64 bits per heavy atom. The minimum Gasteiger partial charge on any atom is -0.507 e. The number of amides is 2. The molecular weight excluding hydrogens is 692 g/mol. The lowest BCUT2D eigenvalue weighted by Gasteiger charge is -2.31. The fourth-order valence-electron chi connectivity index (χ4n) is 7.70. The predicted molar refractivity (Wildman–Crippen MR) is 200 cm³/mol. The van der Waals surface area contributed by atoms with Gasteiger partial charge in [-0.1, -0.05) is 77.3 Å². The maximum Gasteiger partial charge on any atom is 0.238 e. The monoisotopic (exact) mass is 732 g/mol. The SMILES string of the molecule is CCC/C(=C\c1cc(Br)ccc1O)CC[C@H]1OC[C@H]2C1=C(COc1ccccc1)C[C@H]1C(=O)N(c3ccc(Nc4ccccc4)cc3)C(=O)[C@H]12. The Morgan fingerprint density at radius 3 is 2.38 bits per heavy atom. The predicted octanol–water partition coefficient (Wildman–Crippen LogP) is 9.46. The second-order valence-electron chi connectivity index (χ2n) is 13.3. The maximum atomic E-state index is 14.2. The molecule has 4 aromatic carbocycles. The molecule has 0 aromatic heterocycles. The normalized spacial score (nSPS) is 21.7. The van der Waals surface area contributed by atoms with Gasteiger partial charge in [0.1, 0.15) is 18.1 Å². The minimum absolute atomic E-state index is 0.157. The number of para-hydroxylation sites is 2. The lowest BCUT2D eigenvalue weighted by Crippen LogP contribution is -2.35. The summed E-state index contributed by atoms with van der Waals surface area (Å²) < 4.78 is 13.7. The van der Waals surface area contributed by atoms with Crippen LogP contribution in [0.5, 0.6) is 11.5 Å². The topological polar surface area (TPSA) is 88.1 Å². The Bertz CT molecular complexity index is 1910. The number of nitrogens with zero attached hydrogens (tertiary/aromatic N) is 1. The van der Waals surface area contributed by atoms with Crippen molar-refractivity contribution >= 4 is 50.9 Å². The second kappa shape index (κ2) is 15.1. The van der Waals surface area contributed by atoms with Gasteiger partial charge in [0.05, 0.1) is 30.2 Å². The number of carbonyl (C=O) groups is 2. The van der Waals surface area contributed by atoms with Crippen LogP contribution in [0.2, 0.25) is 0 Å². The molecule has 1 aliphatic carbocycles. The van der Waals surface area contributed by atoms with Crippen molar-refractivity contribution < 1.29 is 24.2 Å². The zero-order valence-electron chi connectivity index (χ0n) is 28.1. The summed E-state index contributed by atoms with van der Waals surface area (Å²) >= 11 is 3.52. The van der Waals surface area contributed by atoms with Crippen molar-refractivity contribution in [3.05, 3.63) is 130 Å². The number of benzene rings is 4. The average Bonchev–Trinajstić information content (AvgIpc) is 3.66. The van der Waals surface area contributed by atoms with Crippen LogP contribution >= 0.6 is 15.9 Å². The number of carbonyl (C=O) groups excluding carboxylic acids is 2. The minimum atomic E-state index is -0.477. The molecule has 2 heterocycles. The van der Waals surface area contributed by atoms with Gasteiger partial charge in [-0.25, -0.2) is 0 Å². The van der Waals surface area contributed by atoms with Crippen LogP contribution in [0.15, 0.2) is 124 Å². The van der Waals surface area contributed by atoms with Gasteiger partial charge in [0.15, 0.2) is 0 Å². The number of halogens is 1. The van der Waals surface area contributed by atoms with Crippen molar-refractivity contribution in [2.75, 3.05) is 23.4 Å². The summed E-state index contributed by atoms with van der Waals surface area (Å²) in [6.07, 6.45) is 5.75. The Hall–Kier alpha value is -4.66. The number of nitrogens with one attached hydrogen (secondary N) is 1. The van der Waals surface area contributed by atoms with Crippen LogP contribution in [0.1, 0.15) is 44.6 Å². The van der Waals surface area contributed by atoms with Gasteiger partial charge in [-0.05, 0) is 104 Å². The summed E-state index contributed by atoms with van der Waals surface area (Å²) in [5.41, 5.74) is 6.60. The molecule has 2 amide bonds. The molecule has 0 spiro atoms. The first-order chi connectivity index (χ1) is 24.4. The number of aromatic hydroxyl groups is 1. The third kappa shape index (κ3) is 7.14. The smallest absolute Gasteiger partial charge is 0.238 e. The molecule has 50 heavy (non-hydrogen) atoms. The summed E-state index contributed by atoms with van der Waals surface area (Å²) in [4.78, 5) is 29.7. The number of fused-ring (bicyclic) bond motifs is 3. The molecule has 2 saturated heterocycles. The van der Waals surface area contributed by atoms with Gasteiger partial charge in [-0.2, -0.15) is 0 Å². The van der Waals surface area contributed by atoms with Crippen LogP contribution < -0.4 is 15.0 Å². The molecule has 0 bridgehead atoms. The number of hydrogen-bond acceptors (Lipinski definition) is 6. The van der Waals surface area contributed by atoms with Crippen LogP contribution in [-0.4, -0.2) is 36.2 Å². The molecule has 0 saturated carbocycles. The van der Waals surface area contributed by atoms with Gasteiger partial charge in [0, 0.05) is 27.3 Å². The van der Waals surface area contributed by atoms with Crippen molar-refractivity contribution in [1.29, 1.82) is 0 Å². The molecule has 4 atom stereocenters. The highest BCUT2D eigenvalue weighted by atomic mass is 79.9. The summed E-state index contributed by atoms with van der Waals surface area (Å²) in [7, 11) is 0. The molecule has 3 aliphatic rings. The van der Waals surface area contributed by atoms with E-state index in [0.717, 1.165) is 64.0 Å². The quantitative estimate of drug-likeness (QED) is 0.111. The zero-order chi connectivity index (χ0) is 34.6. The zero-order valence-corrected chi connectivity index (χ0v) is 29.6. The lowest BCUT2D eigenvalue weighted by molar-refractivity contribution is -0.122. The fraction of sp³-hybridized carbons (Fsp3) is 0.286. The fourth-order valence-corrected chi connectivity index (χ4v) is 8.08. The number of allylic oxidation sites excluding steroid dienone is 1. The van der Waals surface area contributed by atoms with Gasteiger partial charge < -0.3 is 19.9 Å². The van der Waals surface area contributed by atoms with Crippen LogP contribution in [0.3, 0.4) is 0 Å². The molecule has 8 heteroatoms. The molecule has 4 aromatic rings. The van der Waals surface area contributed by atoms with Gasteiger partial charge in [0.2, 0.25) is 11.8 Å². The highest BCUT2D eigenvalue weighted by Gasteiger charge is 2.57. The molecule has 0 radical (unpaired) electrons. The van der Waals surface area contributed by atoms with Gasteiger partial charge in [-0.15, -0.1) is 0 Å². The van der Waals surface area contributed by atoms with Crippen molar-refractivity contribution in [2.45, 2.75) is 45.1 Å². The number of anilines is 3. The van der Waals surface area contributed by atoms with E-state index in [-0.39, 0.29) is 29.6 Å². The van der Waals surface area contributed by atoms with E-state index in [1.54, 1.807) is 6.07 Å². The van der Waals surface area contributed by atoms with Crippen LogP contribution in [-0.2, 0) is 14.3 Å². The maximum absolute atomic E-state index is 14.2. The molecule has 0 unspecified atom stereocenters. The molecule has 2 aliphatic heterocycles. The van der Waals surface area contributed by atoms with Crippen molar-refractivity contribution in [3.63, 3.8) is 0 Å². The Labute approximate surface area is 301 Å². The van der Waals surface area contributed by atoms with Crippen molar-refractivity contribution in [2.24, 2.45) is 17.8 Å². The number of ether oxygens (including phenoxy) is 2. The molecular formula is C42H41BrN2O5. The number of phenols is 1. The van der Waals surface area contributed by atoms with Gasteiger partial charge >= 0.3 is 0 Å². The van der Waals surface area contributed by atoms with Gasteiger partial charge in [0.25, 0.3) is 0 Å². The largest absolute Gasteiger partial charge is 0.507 e. The molecule has 7 nitrogen and oxygen atoms in total. The van der Waals surface area contributed by atoms with E-state index in [9.17, 15) is 14.7 Å². The van der Waals surface area contributed by atoms with Crippen molar-refractivity contribution in [3.8, 4) is 11.5 Å². The highest BCUT2D eigenvalue weighted by Crippen LogP contribution is 2.51. The number of rotatable bonds is 12. The molecule has 7 rings (SSSR count). The van der Waals surface area contributed by atoms with E-state index in [1.165, 1.54) is 10.5 Å². The number of phenolic OH excluding ortho intramolecular Hbond substituents is 1. The van der Waals surface area contributed by atoms with E-state index in [1.807, 2.05) is 97.1 Å². The Morgan fingerprint density at radius 1 is 0.920 bits per heavy atom. The van der Waals surface area contributed by atoms with E-state index in [0.29, 0.717) is 25.3 Å². The third-order valence-corrected chi connectivity index (χ3v) is 10.5. The summed E-state index contributed by atoms with van der Waals surface area (Å²) in [5.74, 6) is -0.450. The molecule has 2 fully saturated rings. The summed E-state index contributed by atoms with van der Waals surface area (Å²) in [6.45, 7) is 2.88. The first-order valence-corrected chi connectivity index (χ1v) is 18.2. The van der Waals surface area contributed by atoms with Crippen molar-refractivity contribution in [1.82, 2.24) is 0 Å². The first kappa shape index (κ1) is 33.8. The lowest BCUT2D eigenvalue weighted by atomic mass is 9.69. The standard InChI is InChI=1S/C42H41BrN2O5/c1-2-9-27(22-28-23-30(43)15-20-37(28)46)14-21-38-39-29(25-49-34-12-7-4-8-13-34)24-35-40(36(39)26-50-38)42(48)45(41(35)47)33-18-16-32(17-19-33)44-31-10-5-3-6-11-31/h3-8,10-13,15-20,22-23,35-36,38,40,44,46H,2,9,14,21,24-26H2,1H3/b27-22+/t35-,36+,38-,40-/m1/s1. The third-order valence-electron chi connectivity index (χ3n) is 10.0. The number of hydrogen-bond donors (Lipinski definition) is 2. The van der Waals surface area contributed by atoms with Gasteiger partial charge in [-0.3, -0.25) is 14.5 Å².